The lowest BCUT2D eigenvalue weighted by Crippen LogP contribution is -2.49. The van der Waals surface area contributed by atoms with E-state index in [9.17, 15) is 9.59 Å². The summed E-state index contributed by atoms with van der Waals surface area (Å²) in [4.78, 5) is 24.5. The summed E-state index contributed by atoms with van der Waals surface area (Å²) in [7, 11) is 0. The van der Waals surface area contributed by atoms with Crippen LogP contribution in [0.4, 0.5) is 4.79 Å². The van der Waals surface area contributed by atoms with Crippen molar-refractivity contribution in [1.82, 2.24) is 10.2 Å². The van der Waals surface area contributed by atoms with Crippen LogP contribution in [0.2, 0.25) is 0 Å². The zero-order valence-corrected chi connectivity index (χ0v) is 11.5. The van der Waals surface area contributed by atoms with Crippen LogP contribution in [0, 0.1) is 5.92 Å². The van der Waals surface area contributed by atoms with Crippen molar-refractivity contribution in [3.05, 3.63) is 0 Å². The molecule has 0 spiro atoms. The molecule has 0 aromatic carbocycles. The van der Waals surface area contributed by atoms with Crippen LogP contribution in [0.1, 0.15) is 46.5 Å². The van der Waals surface area contributed by atoms with Gasteiger partial charge in [0.2, 0.25) is 0 Å². The highest BCUT2D eigenvalue weighted by Gasteiger charge is 2.34. The summed E-state index contributed by atoms with van der Waals surface area (Å²) in [6.07, 6.45) is 3.35. The summed E-state index contributed by atoms with van der Waals surface area (Å²) in [5, 5.41) is 12.0. The number of urea groups is 1. The first-order chi connectivity index (χ1) is 8.51. The Bertz CT molecular complexity index is 303. The molecule has 1 aliphatic rings. The number of carbonyl (C=O) groups is 2. The molecule has 2 amide bonds. The third-order valence-electron chi connectivity index (χ3n) is 3.91. The molecule has 1 heterocycles. The van der Waals surface area contributed by atoms with Crippen LogP contribution in [0.15, 0.2) is 0 Å². The summed E-state index contributed by atoms with van der Waals surface area (Å²) in [6, 6.07) is -0.805. The molecule has 1 aliphatic heterocycles. The molecule has 0 radical (unpaired) electrons. The number of likely N-dealkylation sites (tertiary alicyclic amines) is 1. The number of aliphatic carboxylic acids is 1. The van der Waals surface area contributed by atoms with E-state index in [2.05, 4.69) is 19.2 Å². The van der Waals surface area contributed by atoms with Gasteiger partial charge in [-0.15, -0.1) is 0 Å². The second kappa shape index (κ2) is 6.61. The third kappa shape index (κ3) is 3.37. The van der Waals surface area contributed by atoms with E-state index in [4.69, 9.17) is 5.11 Å². The topological polar surface area (TPSA) is 69.6 Å². The van der Waals surface area contributed by atoms with E-state index in [-0.39, 0.29) is 12.1 Å². The number of carbonyl (C=O) groups excluding carboxylic acids is 1. The molecular weight excluding hydrogens is 232 g/mol. The van der Waals surface area contributed by atoms with Crippen molar-refractivity contribution in [2.75, 3.05) is 6.54 Å². The van der Waals surface area contributed by atoms with Gasteiger partial charge in [0.1, 0.15) is 6.04 Å². The second-order valence-corrected chi connectivity index (χ2v) is 5.00. The number of nitrogens with zero attached hydrogens (tertiary/aromatic N) is 1. The average molecular weight is 256 g/mol. The molecule has 2 unspecified atom stereocenters. The Morgan fingerprint density at radius 2 is 2.00 bits per heavy atom. The van der Waals surface area contributed by atoms with E-state index < -0.39 is 12.0 Å². The lowest BCUT2D eigenvalue weighted by Gasteiger charge is -2.27. The van der Waals surface area contributed by atoms with Gasteiger partial charge in [0.25, 0.3) is 0 Å². The predicted octanol–water partition coefficient (Wildman–Crippen LogP) is 2.07. The van der Waals surface area contributed by atoms with Gasteiger partial charge in [0, 0.05) is 12.6 Å². The largest absolute Gasteiger partial charge is 0.480 e. The fraction of sp³-hybridized carbons (Fsp3) is 0.846. The maximum atomic E-state index is 12.1. The lowest BCUT2D eigenvalue weighted by molar-refractivity contribution is -0.141. The number of carboxylic acids is 1. The van der Waals surface area contributed by atoms with Gasteiger partial charge in [-0.05, 0) is 25.7 Å². The number of hydrogen-bond donors (Lipinski definition) is 2. The lowest BCUT2D eigenvalue weighted by atomic mass is 9.96. The number of nitrogens with one attached hydrogen (secondary N) is 1. The van der Waals surface area contributed by atoms with Crippen molar-refractivity contribution >= 4 is 12.0 Å². The summed E-state index contributed by atoms with van der Waals surface area (Å²) >= 11 is 0. The normalized spacial score (nSPS) is 21.1. The standard InChI is InChI=1S/C13H24N2O3/c1-4-10(5-2)9(3)14-13(18)15-8-6-7-11(15)12(16)17/h9-11H,4-8H2,1-3H3,(H,14,18)(H,16,17). The van der Waals surface area contributed by atoms with E-state index in [1.54, 1.807) is 0 Å². The maximum absolute atomic E-state index is 12.1. The van der Waals surface area contributed by atoms with Crippen LogP contribution in [-0.2, 0) is 4.79 Å². The number of rotatable bonds is 5. The molecule has 5 nitrogen and oxygen atoms in total. The zero-order chi connectivity index (χ0) is 13.7. The van der Waals surface area contributed by atoms with Crippen molar-refractivity contribution in [2.24, 2.45) is 5.92 Å². The van der Waals surface area contributed by atoms with Gasteiger partial charge in [-0.2, -0.15) is 0 Å². The molecule has 2 N–H and O–H groups in total. The molecule has 18 heavy (non-hydrogen) atoms. The first kappa shape index (κ1) is 14.8. The molecule has 5 heteroatoms. The maximum Gasteiger partial charge on any atom is 0.326 e. The van der Waals surface area contributed by atoms with Gasteiger partial charge in [-0.25, -0.2) is 9.59 Å². The monoisotopic (exact) mass is 256 g/mol. The Morgan fingerprint density at radius 3 is 2.50 bits per heavy atom. The molecule has 1 fully saturated rings. The molecule has 1 saturated heterocycles. The molecule has 0 aromatic heterocycles. The Labute approximate surface area is 109 Å². The highest BCUT2D eigenvalue weighted by atomic mass is 16.4. The van der Waals surface area contributed by atoms with Crippen molar-refractivity contribution in [2.45, 2.75) is 58.5 Å². The van der Waals surface area contributed by atoms with Crippen LogP contribution >= 0.6 is 0 Å². The van der Waals surface area contributed by atoms with Crippen LogP contribution in [0.5, 0.6) is 0 Å². The van der Waals surface area contributed by atoms with E-state index in [1.807, 2.05) is 6.92 Å². The zero-order valence-electron chi connectivity index (χ0n) is 11.5. The predicted molar refractivity (Wildman–Crippen MR) is 69.4 cm³/mol. The Balaban J connectivity index is 2.57. The summed E-state index contributed by atoms with van der Waals surface area (Å²) < 4.78 is 0. The highest BCUT2D eigenvalue weighted by Crippen LogP contribution is 2.19. The average Bonchev–Trinajstić information content (AvgIpc) is 2.79. The minimum Gasteiger partial charge on any atom is -0.480 e. The molecule has 104 valence electrons. The van der Waals surface area contributed by atoms with Crippen molar-refractivity contribution < 1.29 is 14.7 Å². The molecule has 2 atom stereocenters. The van der Waals surface area contributed by atoms with E-state index in [0.29, 0.717) is 18.9 Å². The molecular formula is C13H24N2O3. The number of amides is 2. The van der Waals surface area contributed by atoms with Crippen LogP contribution in [-0.4, -0.2) is 40.6 Å². The van der Waals surface area contributed by atoms with Crippen molar-refractivity contribution in [3.8, 4) is 0 Å². The van der Waals surface area contributed by atoms with Crippen LogP contribution < -0.4 is 5.32 Å². The fourth-order valence-electron chi connectivity index (χ4n) is 2.66. The van der Waals surface area contributed by atoms with Crippen LogP contribution in [0.3, 0.4) is 0 Å². The van der Waals surface area contributed by atoms with Crippen LogP contribution in [0.25, 0.3) is 0 Å². The molecule has 1 rings (SSSR count). The number of hydrogen-bond acceptors (Lipinski definition) is 2. The van der Waals surface area contributed by atoms with E-state index in [1.165, 1.54) is 4.90 Å². The summed E-state index contributed by atoms with van der Waals surface area (Å²) in [5.41, 5.74) is 0. The SMILES string of the molecule is CCC(CC)C(C)NC(=O)N1CCCC1C(=O)O. The summed E-state index contributed by atoms with van der Waals surface area (Å²) in [5.74, 6) is -0.460. The first-order valence-electron chi connectivity index (χ1n) is 6.81. The quantitative estimate of drug-likeness (QED) is 0.791. The van der Waals surface area contributed by atoms with Gasteiger partial charge in [0.15, 0.2) is 0 Å². The van der Waals surface area contributed by atoms with E-state index >= 15 is 0 Å². The molecule has 0 bridgehead atoms. The number of carboxylic acid groups (broad SMARTS) is 1. The highest BCUT2D eigenvalue weighted by molar-refractivity contribution is 5.83. The third-order valence-corrected chi connectivity index (χ3v) is 3.91. The Hall–Kier alpha value is -1.26. The smallest absolute Gasteiger partial charge is 0.326 e. The molecule has 0 aliphatic carbocycles. The minimum absolute atomic E-state index is 0.0857. The fourth-order valence-corrected chi connectivity index (χ4v) is 2.66. The molecule has 0 aromatic rings. The van der Waals surface area contributed by atoms with Crippen molar-refractivity contribution in [3.63, 3.8) is 0 Å². The van der Waals surface area contributed by atoms with Gasteiger partial charge in [-0.1, -0.05) is 26.7 Å². The minimum atomic E-state index is -0.905. The van der Waals surface area contributed by atoms with Gasteiger partial charge < -0.3 is 15.3 Å². The van der Waals surface area contributed by atoms with Gasteiger partial charge >= 0.3 is 12.0 Å². The molecule has 0 saturated carbocycles. The van der Waals surface area contributed by atoms with E-state index in [0.717, 1.165) is 19.3 Å². The first-order valence-corrected chi connectivity index (χ1v) is 6.81. The summed E-state index contributed by atoms with van der Waals surface area (Å²) in [6.45, 7) is 6.74. The van der Waals surface area contributed by atoms with Crippen molar-refractivity contribution in [1.29, 1.82) is 0 Å². The second-order valence-electron chi connectivity index (χ2n) is 5.00. The Kier molecular flexibility index (Phi) is 5.44. The van der Waals surface area contributed by atoms with Gasteiger partial charge in [-0.3, -0.25) is 0 Å². The Morgan fingerprint density at radius 1 is 1.39 bits per heavy atom. The van der Waals surface area contributed by atoms with Gasteiger partial charge in [0.05, 0.1) is 0 Å².